The summed E-state index contributed by atoms with van der Waals surface area (Å²) >= 11 is 6.06. The number of benzene rings is 1. The molecule has 1 atom stereocenters. The van der Waals surface area contributed by atoms with Gasteiger partial charge in [0, 0.05) is 22.7 Å². The molecule has 3 rings (SSSR count). The van der Waals surface area contributed by atoms with Crippen molar-refractivity contribution in [1.82, 2.24) is 9.78 Å². The minimum atomic E-state index is -0.695. The average molecular weight is 332 g/mol. The Hall–Kier alpha value is -2.14. The molecule has 1 saturated carbocycles. The van der Waals surface area contributed by atoms with Crippen LogP contribution in [0.2, 0.25) is 5.02 Å². The van der Waals surface area contributed by atoms with Gasteiger partial charge in [-0.05, 0) is 50.5 Å². The summed E-state index contributed by atoms with van der Waals surface area (Å²) in [5.41, 5.74) is 2.03. The van der Waals surface area contributed by atoms with E-state index in [0.717, 1.165) is 24.1 Å². The van der Waals surface area contributed by atoms with E-state index >= 15 is 0 Å². The number of amides is 1. The summed E-state index contributed by atoms with van der Waals surface area (Å²) < 4.78 is 1.25. The van der Waals surface area contributed by atoms with E-state index in [-0.39, 0.29) is 11.5 Å². The lowest BCUT2D eigenvalue weighted by atomic mass is 10.2. The molecule has 0 aliphatic heterocycles. The lowest BCUT2D eigenvalue weighted by molar-refractivity contribution is -0.119. The predicted molar refractivity (Wildman–Crippen MR) is 90.0 cm³/mol. The maximum atomic E-state index is 12.5. The van der Waals surface area contributed by atoms with Gasteiger partial charge < -0.3 is 5.32 Å². The third-order valence-electron chi connectivity index (χ3n) is 4.11. The van der Waals surface area contributed by atoms with Crippen LogP contribution in [0, 0.1) is 6.92 Å². The van der Waals surface area contributed by atoms with Gasteiger partial charge in [0.1, 0.15) is 6.04 Å². The van der Waals surface area contributed by atoms with Crippen LogP contribution in [0.15, 0.2) is 35.1 Å². The third-order valence-corrected chi connectivity index (χ3v) is 4.52. The molecule has 1 N–H and O–H groups in total. The van der Waals surface area contributed by atoms with Crippen LogP contribution in [0.3, 0.4) is 0 Å². The van der Waals surface area contributed by atoms with Gasteiger partial charge in [0.25, 0.3) is 5.56 Å². The second kappa shape index (κ2) is 6.16. The van der Waals surface area contributed by atoms with Gasteiger partial charge in [0.15, 0.2) is 0 Å². The molecule has 1 fully saturated rings. The molecule has 0 saturated heterocycles. The van der Waals surface area contributed by atoms with Crippen molar-refractivity contribution in [3.8, 4) is 0 Å². The topological polar surface area (TPSA) is 64.0 Å². The fourth-order valence-corrected chi connectivity index (χ4v) is 2.58. The van der Waals surface area contributed by atoms with Crippen molar-refractivity contribution < 1.29 is 4.79 Å². The Kier molecular flexibility index (Phi) is 4.22. The number of anilines is 1. The zero-order valence-electron chi connectivity index (χ0n) is 13.0. The first-order valence-electron chi connectivity index (χ1n) is 7.63. The summed E-state index contributed by atoms with van der Waals surface area (Å²) in [7, 11) is 0. The van der Waals surface area contributed by atoms with Gasteiger partial charge in [-0.1, -0.05) is 17.7 Å². The molecule has 2 aromatic rings. The largest absolute Gasteiger partial charge is 0.324 e. The molecule has 1 unspecified atom stereocenters. The van der Waals surface area contributed by atoms with Gasteiger partial charge in [0.05, 0.1) is 5.69 Å². The van der Waals surface area contributed by atoms with Crippen molar-refractivity contribution in [3.05, 3.63) is 57.0 Å². The number of halogens is 1. The molecule has 23 heavy (non-hydrogen) atoms. The molecule has 1 heterocycles. The van der Waals surface area contributed by atoms with Crippen LogP contribution in [0.25, 0.3) is 0 Å². The molecule has 1 aromatic heterocycles. The maximum absolute atomic E-state index is 12.5. The van der Waals surface area contributed by atoms with Crippen LogP contribution in [-0.4, -0.2) is 15.7 Å². The van der Waals surface area contributed by atoms with Crippen LogP contribution in [0.4, 0.5) is 5.69 Å². The van der Waals surface area contributed by atoms with Gasteiger partial charge >= 0.3 is 0 Å². The maximum Gasteiger partial charge on any atom is 0.267 e. The minimum Gasteiger partial charge on any atom is -0.324 e. The van der Waals surface area contributed by atoms with E-state index in [0.29, 0.717) is 16.6 Å². The van der Waals surface area contributed by atoms with Gasteiger partial charge in [-0.15, -0.1) is 0 Å². The zero-order chi connectivity index (χ0) is 16.6. The van der Waals surface area contributed by atoms with Crippen molar-refractivity contribution in [2.45, 2.75) is 38.6 Å². The molecular formula is C17H18ClN3O2. The normalized spacial score (nSPS) is 15.3. The molecule has 0 spiro atoms. The second-order valence-electron chi connectivity index (χ2n) is 5.89. The molecule has 1 aromatic carbocycles. The van der Waals surface area contributed by atoms with Gasteiger partial charge in [-0.3, -0.25) is 9.59 Å². The van der Waals surface area contributed by atoms with E-state index in [4.69, 9.17) is 11.6 Å². The standard InChI is InChI=1S/C17H18ClN3O2/c1-10-13(18)4-3-5-14(10)19-17(23)11(2)21-16(22)9-8-15(20-21)12-6-7-12/h3-5,8-9,11-12H,6-7H2,1-2H3,(H,19,23). The zero-order valence-corrected chi connectivity index (χ0v) is 13.8. The fraction of sp³-hybridized carbons (Fsp3) is 0.353. The molecule has 6 heteroatoms. The summed E-state index contributed by atoms with van der Waals surface area (Å²) in [6.07, 6.45) is 2.18. The number of hydrogen-bond donors (Lipinski definition) is 1. The highest BCUT2D eigenvalue weighted by atomic mass is 35.5. The summed E-state index contributed by atoms with van der Waals surface area (Å²) in [5.74, 6) is 0.130. The van der Waals surface area contributed by atoms with Gasteiger partial charge in [0.2, 0.25) is 5.91 Å². The number of nitrogens with one attached hydrogen (secondary N) is 1. The van der Waals surface area contributed by atoms with Crippen molar-refractivity contribution >= 4 is 23.2 Å². The van der Waals surface area contributed by atoms with Crippen LogP contribution in [0.1, 0.15) is 43.0 Å². The van der Waals surface area contributed by atoms with Crippen molar-refractivity contribution in [3.63, 3.8) is 0 Å². The highest BCUT2D eigenvalue weighted by molar-refractivity contribution is 6.31. The molecule has 1 amide bonds. The summed E-state index contributed by atoms with van der Waals surface area (Å²) in [4.78, 5) is 24.5. The van der Waals surface area contributed by atoms with Crippen LogP contribution in [0.5, 0.6) is 0 Å². The second-order valence-corrected chi connectivity index (χ2v) is 6.30. The number of nitrogens with zero attached hydrogens (tertiary/aromatic N) is 2. The summed E-state index contributed by atoms with van der Waals surface area (Å²) in [6, 6.07) is 7.86. The fourth-order valence-electron chi connectivity index (χ4n) is 2.41. The lowest BCUT2D eigenvalue weighted by Crippen LogP contribution is -2.33. The van der Waals surface area contributed by atoms with E-state index in [1.165, 1.54) is 10.7 Å². The van der Waals surface area contributed by atoms with E-state index in [2.05, 4.69) is 10.4 Å². The molecule has 1 aliphatic carbocycles. The quantitative estimate of drug-likeness (QED) is 0.935. The van der Waals surface area contributed by atoms with Crippen molar-refractivity contribution in [1.29, 1.82) is 0 Å². The molecule has 0 bridgehead atoms. The number of rotatable bonds is 4. The Bertz CT molecular complexity index is 812. The number of aromatic nitrogens is 2. The summed E-state index contributed by atoms with van der Waals surface area (Å²) in [5, 5.41) is 7.76. The average Bonchev–Trinajstić information content (AvgIpc) is 3.36. The van der Waals surface area contributed by atoms with Crippen molar-refractivity contribution in [2.24, 2.45) is 0 Å². The molecule has 0 radical (unpaired) electrons. The first kappa shape index (κ1) is 15.7. The molecule has 120 valence electrons. The monoisotopic (exact) mass is 331 g/mol. The van der Waals surface area contributed by atoms with E-state index < -0.39 is 6.04 Å². The smallest absolute Gasteiger partial charge is 0.267 e. The first-order chi connectivity index (χ1) is 11.0. The summed E-state index contributed by atoms with van der Waals surface area (Å²) in [6.45, 7) is 3.50. The molecule has 1 aliphatic rings. The SMILES string of the molecule is Cc1c(Cl)cccc1NC(=O)C(C)n1nc(C2CC2)ccc1=O. The Balaban J connectivity index is 1.83. The first-order valence-corrected chi connectivity index (χ1v) is 8.01. The Labute approximate surface area is 139 Å². The van der Waals surface area contributed by atoms with E-state index in [1.807, 2.05) is 6.92 Å². The number of carbonyl (C=O) groups is 1. The lowest BCUT2D eigenvalue weighted by Gasteiger charge is -2.16. The third kappa shape index (κ3) is 3.29. The van der Waals surface area contributed by atoms with Crippen molar-refractivity contribution in [2.75, 3.05) is 5.32 Å². The Morgan fingerprint density at radius 2 is 2.09 bits per heavy atom. The Morgan fingerprint density at radius 3 is 2.78 bits per heavy atom. The van der Waals surface area contributed by atoms with Gasteiger partial charge in [-0.25, -0.2) is 4.68 Å². The predicted octanol–water partition coefficient (Wildman–Crippen LogP) is 3.28. The minimum absolute atomic E-state index is 0.278. The Morgan fingerprint density at radius 1 is 1.35 bits per heavy atom. The van der Waals surface area contributed by atoms with E-state index in [9.17, 15) is 9.59 Å². The van der Waals surface area contributed by atoms with Crippen LogP contribution >= 0.6 is 11.6 Å². The van der Waals surface area contributed by atoms with E-state index in [1.54, 1.807) is 31.2 Å². The van der Waals surface area contributed by atoms with Crippen LogP contribution in [-0.2, 0) is 4.79 Å². The van der Waals surface area contributed by atoms with Crippen LogP contribution < -0.4 is 10.9 Å². The van der Waals surface area contributed by atoms with Gasteiger partial charge in [-0.2, -0.15) is 5.10 Å². The number of carbonyl (C=O) groups excluding carboxylic acids is 1. The highest BCUT2D eigenvalue weighted by Crippen LogP contribution is 2.38. The number of hydrogen-bond acceptors (Lipinski definition) is 3. The molecular weight excluding hydrogens is 314 g/mol. The highest BCUT2D eigenvalue weighted by Gasteiger charge is 2.27. The molecule has 5 nitrogen and oxygen atoms in total.